The Hall–Kier alpha value is -2.73. The summed E-state index contributed by atoms with van der Waals surface area (Å²) >= 11 is 13.1. The summed E-state index contributed by atoms with van der Waals surface area (Å²) in [7, 11) is 0. The molecule has 2 amide bonds. The second-order valence-electron chi connectivity index (χ2n) is 7.32. The van der Waals surface area contributed by atoms with Crippen molar-refractivity contribution in [2.24, 2.45) is 0 Å². The molecule has 1 aliphatic heterocycles. The van der Waals surface area contributed by atoms with Gasteiger partial charge in [-0.3, -0.25) is 14.5 Å². The van der Waals surface area contributed by atoms with E-state index in [1.165, 1.54) is 4.90 Å². The molecule has 0 atom stereocenters. The van der Waals surface area contributed by atoms with Crippen LogP contribution in [-0.2, 0) is 17.9 Å². The number of para-hydroxylation sites is 1. The van der Waals surface area contributed by atoms with E-state index in [9.17, 15) is 9.59 Å². The Morgan fingerprint density at radius 3 is 2.59 bits per heavy atom. The third-order valence-corrected chi connectivity index (χ3v) is 6.39. The van der Waals surface area contributed by atoms with Crippen LogP contribution in [-0.4, -0.2) is 16.0 Å². The number of halogens is 2. The highest BCUT2D eigenvalue weighted by atomic mass is 35.5. The number of carbonyl (C=O) groups excluding carboxylic acids is 2. The third kappa shape index (κ3) is 5.18. The van der Waals surface area contributed by atoms with Gasteiger partial charge in [-0.05, 0) is 54.1 Å². The normalized spacial score (nSPS) is 15.0. The lowest BCUT2D eigenvalue weighted by atomic mass is 10.1. The number of nitrogens with zero attached hydrogens (tertiary/aromatic N) is 1. The summed E-state index contributed by atoms with van der Waals surface area (Å²) in [5, 5.41) is 0.566. The van der Waals surface area contributed by atoms with Crippen LogP contribution in [0.5, 0.6) is 5.75 Å². The Morgan fingerprint density at radius 2 is 1.81 bits per heavy atom. The van der Waals surface area contributed by atoms with Crippen LogP contribution in [0.4, 0.5) is 4.79 Å². The van der Waals surface area contributed by atoms with Gasteiger partial charge < -0.3 is 4.74 Å². The third-order valence-electron chi connectivity index (χ3n) is 4.90. The predicted octanol–water partition coefficient (Wildman–Crippen LogP) is 7.12. The first-order valence-corrected chi connectivity index (χ1v) is 11.4. The van der Waals surface area contributed by atoms with Gasteiger partial charge in [0.05, 0.1) is 11.4 Å². The van der Waals surface area contributed by atoms with Gasteiger partial charge in [0.15, 0.2) is 0 Å². The highest BCUT2D eigenvalue weighted by molar-refractivity contribution is 8.18. The largest absolute Gasteiger partial charge is 0.488 e. The molecule has 1 saturated heterocycles. The predicted molar refractivity (Wildman–Crippen MR) is 130 cm³/mol. The highest BCUT2D eigenvalue weighted by Crippen LogP contribution is 2.36. The first-order valence-electron chi connectivity index (χ1n) is 9.87. The van der Waals surface area contributed by atoms with Crippen LogP contribution in [0.25, 0.3) is 6.08 Å². The van der Waals surface area contributed by atoms with Gasteiger partial charge >= 0.3 is 0 Å². The molecule has 0 spiro atoms. The Bertz CT molecular complexity index is 1230. The SMILES string of the molecule is Cc1cccc(COc2ccccc2C=C2SC(=O)N(Cc3ccc(Cl)cc3Cl)C2=O)c1. The van der Waals surface area contributed by atoms with Crippen molar-refractivity contribution in [3.63, 3.8) is 0 Å². The van der Waals surface area contributed by atoms with Crippen LogP contribution in [0.1, 0.15) is 22.3 Å². The minimum absolute atomic E-state index is 0.0868. The Balaban J connectivity index is 1.52. The summed E-state index contributed by atoms with van der Waals surface area (Å²) in [4.78, 5) is 27.0. The van der Waals surface area contributed by atoms with Crippen LogP contribution in [0.3, 0.4) is 0 Å². The van der Waals surface area contributed by atoms with Gasteiger partial charge in [-0.2, -0.15) is 0 Å². The van der Waals surface area contributed by atoms with Gasteiger partial charge in [-0.25, -0.2) is 0 Å². The number of carbonyl (C=O) groups is 2. The molecule has 1 fully saturated rings. The first kappa shape index (κ1) is 22.5. The molecule has 0 unspecified atom stereocenters. The molecule has 3 aromatic carbocycles. The molecular formula is C25H19Cl2NO3S. The van der Waals surface area contributed by atoms with E-state index < -0.39 is 0 Å². The van der Waals surface area contributed by atoms with E-state index in [4.69, 9.17) is 27.9 Å². The molecule has 1 heterocycles. The molecule has 0 aromatic heterocycles. The summed E-state index contributed by atoms with van der Waals surface area (Å²) in [6.45, 7) is 2.53. The van der Waals surface area contributed by atoms with Gasteiger partial charge in [0.2, 0.25) is 0 Å². The fraction of sp³-hybridized carbons (Fsp3) is 0.120. The number of ether oxygens (including phenoxy) is 1. The Morgan fingerprint density at radius 1 is 1.00 bits per heavy atom. The number of hydrogen-bond donors (Lipinski definition) is 0. The van der Waals surface area contributed by atoms with E-state index >= 15 is 0 Å². The van der Waals surface area contributed by atoms with E-state index in [0.29, 0.717) is 32.9 Å². The van der Waals surface area contributed by atoms with Crippen LogP contribution >= 0.6 is 35.0 Å². The average molecular weight is 484 g/mol. The molecule has 0 bridgehead atoms. The van der Waals surface area contributed by atoms with Crippen LogP contribution < -0.4 is 4.74 Å². The fourth-order valence-electron chi connectivity index (χ4n) is 3.29. The molecule has 32 heavy (non-hydrogen) atoms. The topological polar surface area (TPSA) is 46.6 Å². The first-order chi connectivity index (χ1) is 15.4. The molecule has 4 rings (SSSR count). The lowest BCUT2D eigenvalue weighted by Crippen LogP contribution is -2.27. The van der Waals surface area contributed by atoms with Crippen molar-refractivity contribution in [2.75, 3.05) is 0 Å². The van der Waals surface area contributed by atoms with Crippen molar-refractivity contribution >= 4 is 52.2 Å². The number of benzene rings is 3. The molecule has 0 N–H and O–H groups in total. The van der Waals surface area contributed by atoms with Gasteiger partial charge in [0.25, 0.3) is 11.1 Å². The van der Waals surface area contributed by atoms with Crippen molar-refractivity contribution in [3.05, 3.63) is 104 Å². The summed E-state index contributed by atoms with van der Waals surface area (Å²) < 4.78 is 6.01. The smallest absolute Gasteiger partial charge is 0.293 e. The van der Waals surface area contributed by atoms with E-state index in [-0.39, 0.29) is 17.7 Å². The summed E-state index contributed by atoms with van der Waals surface area (Å²) in [5.41, 5.74) is 3.60. The average Bonchev–Trinajstić information content (AvgIpc) is 3.02. The summed E-state index contributed by atoms with van der Waals surface area (Å²) in [6, 6.07) is 20.5. The molecule has 3 aromatic rings. The molecular weight excluding hydrogens is 465 g/mol. The minimum atomic E-state index is -0.362. The van der Waals surface area contributed by atoms with Crippen LogP contribution in [0.2, 0.25) is 10.0 Å². The zero-order valence-corrected chi connectivity index (χ0v) is 19.5. The molecule has 162 valence electrons. The van der Waals surface area contributed by atoms with E-state index in [0.717, 1.165) is 28.5 Å². The second kappa shape index (κ2) is 9.82. The Kier molecular flexibility index (Phi) is 6.89. The monoisotopic (exact) mass is 483 g/mol. The van der Waals surface area contributed by atoms with Gasteiger partial charge in [0.1, 0.15) is 12.4 Å². The highest BCUT2D eigenvalue weighted by Gasteiger charge is 2.35. The maximum atomic E-state index is 12.9. The number of thioether (sulfide) groups is 1. The van der Waals surface area contributed by atoms with E-state index in [1.54, 1.807) is 24.3 Å². The second-order valence-corrected chi connectivity index (χ2v) is 9.16. The minimum Gasteiger partial charge on any atom is -0.488 e. The van der Waals surface area contributed by atoms with Gasteiger partial charge in [-0.1, -0.05) is 77.3 Å². The van der Waals surface area contributed by atoms with E-state index in [2.05, 4.69) is 6.07 Å². The van der Waals surface area contributed by atoms with Crippen LogP contribution in [0.15, 0.2) is 71.6 Å². The van der Waals surface area contributed by atoms with Gasteiger partial charge in [0, 0.05) is 15.6 Å². The van der Waals surface area contributed by atoms with Crippen molar-refractivity contribution in [1.82, 2.24) is 4.90 Å². The summed E-state index contributed by atoms with van der Waals surface area (Å²) in [6.07, 6.45) is 1.69. The van der Waals surface area contributed by atoms with Crippen molar-refractivity contribution in [1.29, 1.82) is 0 Å². The zero-order valence-electron chi connectivity index (χ0n) is 17.2. The van der Waals surface area contributed by atoms with Crippen LogP contribution in [0, 0.1) is 6.92 Å². The fourth-order valence-corrected chi connectivity index (χ4v) is 4.59. The molecule has 4 nitrogen and oxygen atoms in total. The number of imide groups is 1. The summed E-state index contributed by atoms with van der Waals surface area (Å²) in [5.74, 6) is 0.279. The van der Waals surface area contributed by atoms with Crippen molar-refractivity contribution in [2.45, 2.75) is 20.1 Å². The maximum absolute atomic E-state index is 12.9. The number of rotatable bonds is 6. The van der Waals surface area contributed by atoms with Crippen molar-refractivity contribution < 1.29 is 14.3 Å². The molecule has 0 aliphatic carbocycles. The zero-order chi connectivity index (χ0) is 22.7. The molecule has 7 heteroatoms. The number of amides is 2. The number of hydrogen-bond acceptors (Lipinski definition) is 4. The standard InChI is InChI=1S/C25H19Cl2NO3S/c1-16-5-4-6-17(11-16)15-31-22-8-3-2-7-18(22)12-23-24(29)28(25(30)32-23)14-19-9-10-20(26)13-21(19)27/h2-13H,14-15H2,1H3. The number of aryl methyl sites for hydroxylation is 1. The Labute approximate surface area is 200 Å². The molecule has 0 radical (unpaired) electrons. The quantitative estimate of drug-likeness (QED) is 0.350. The molecule has 0 saturated carbocycles. The lowest BCUT2D eigenvalue weighted by Gasteiger charge is -2.14. The maximum Gasteiger partial charge on any atom is 0.293 e. The van der Waals surface area contributed by atoms with Crippen molar-refractivity contribution in [3.8, 4) is 5.75 Å². The lowest BCUT2D eigenvalue weighted by molar-refractivity contribution is -0.123. The van der Waals surface area contributed by atoms with Gasteiger partial charge in [-0.15, -0.1) is 0 Å². The van der Waals surface area contributed by atoms with E-state index in [1.807, 2.05) is 49.4 Å². The molecule has 1 aliphatic rings.